The molecule has 0 spiro atoms. The molecule has 2 rings (SSSR count). The zero-order valence-corrected chi connectivity index (χ0v) is 10.1. The first-order valence-corrected chi connectivity index (χ1v) is 5.94. The van der Waals surface area contributed by atoms with Crippen LogP contribution in [0, 0.1) is 0 Å². The molecule has 0 atom stereocenters. The van der Waals surface area contributed by atoms with E-state index in [-0.39, 0.29) is 5.91 Å². The molecule has 2 aromatic carbocycles. The van der Waals surface area contributed by atoms with Gasteiger partial charge in [0.15, 0.2) is 0 Å². The zero-order chi connectivity index (χ0) is 12.8. The highest BCUT2D eigenvalue weighted by molar-refractivity contribution is 5.95. The summed E-state index contributed by atoms with van der Waals surface area (Å²) in [5.41, 5.74) is 5.11. The summed E-state index contributed by atoms with van der Waals surface area (Å²) >= 11 is 0. The summed E-state index contributed by atoms with van der Waals surface area (Å²) in [7, 11) is 0. The summed E-state index contributed by atoms with van der Waals surface area (Å²) in [5.74, 6) is 4.94. The van der Waals surface area contributed by atoms with Gasteiger partial charge < -0.3 is 0 Å². The lowest BCUT2D eigenvalue weighted by atomic mass is 9.99. The standard InChI is InChI=1S/C15H16N2O/c16-17-15(18)14-9-5-4-8-13(14)11-10-12-6-2-1-3-7-12/h1-9H,10-11,16H2,(H,17,18). The van der Waals surface area contributed by atoms with Crippen LogP contribution in [0.15, 0.2) is 54.6 Å². The summed E-state index contributed by atoms with van der Waals surface area (Å²) in [5, 5.41) is 0. The van der Waals surface area contributed by atoms with E-state index < -0.39 is 0 Å². The number of hydrogen-bond acceptors (Lipinski definition) is 2. The van der Waals surface area contributed by atoms with Crippen LogP contribution in [0.5, 0.6) is 0 Å². The van der Waals surface area contributed by atoms with E-state index in [9.17, 15) is 4.79 Å². The minimum Gasteiger partial charge on any atom is -0.290 e. The highest BCUT2D eigenvalue weighted by Gasteiger charge is 2.08. The van der Waals surface area contributed by atoms with Crippen molar-refractivity contribution in [3.63, 3.8) is 0 Å². The molecule has 0 saturated heterocycles. The molecule has 0 bridgehead atoms. The van der Waals surface area contributed by atoms with E-state index in [1.165, 1.54) is 5.56 Å². The monoisotopic (exact) mass is 240 g/mol. The van der Waals surface area contributed by atoms with Gasteiger partial charge in [0.1, 0.15) is 0 Å². The van der Waals surface area contributed by atoms with Crippen LogP contribution in [-0.4, -0.2) is 5.91 Å². The molecule has 0 aliphatic rings. The van der Waals surface area contributed by atoms with Crippen LogP contribution in [0.4, 0.5) is 0 Å². The predicted octanol–water partition coefficient (Wildman–Crippen LogP) is 2.08. The van der Waals surface area contributed by atoms with Gasteiger partial charge in [-0.2, -0.15) is 0 Å². The van der Waals surface area contributed by atoms with Crippen molar-refractivity contribution < 1.29 is 4.79 Å². The van der Waals surface area contributed by atoms with Crippen LogP contribution in [0.3, 0.4) is 0 Å². The minimum atomic E-state index is -0.237. The number of nitrogens with two attached hydrogens (primary N) is 1. The van der Waals surface area contributed by atoms with E-state index in [1.807, 2.05) is 36.4 Å². The first-order chi connectivity index (χ1) is 8.81. The van der Waals surface area contributed by atoms with Crippen molar-refractivity contribution in [2.45, 2.75) is 12.8 Å². The molecule has 0 fully saturated rings. The van der Waals surface area contributed by atoms with Crippen LogP contribution in [0.1, 0.15) is 21.5 Å². The van der Waals surface area contributed by atoms with E-state index >= 15 is 0 Å². The Bertz CT molecular complexity index is 523. The highest BCUT2D eigenvalue weighted by Crippen LogP contribution is 2.12. The fraction of sp³-hybridized carbons (Fsp3) is 0.133. The van der Waals surface area contributed by atoms with Crippen molar-refractivity contribution in [1.29, 1.82) is 0 Å². The molecule has 18 heavy (non-hydrogen) atoms. The van der Waals surface area contributed by atoms with Gasteiger partial charge in [0.25, 0.3) is 5.91 Å². The maximum absolute atomic E-state index is 11.6. The number of carbonyl (C=O) groups excluding carboxylic acids is 1. The van der Waals surface area contributed by atoms with Gasteiger partial charge in [-0.25, -0.2) is 5.84 Å². The molecule has 0 unspecified atom stereocenters. The normalized spacial score (nSPS) is 10.1. The van der Waals surface area contributed by atoms with Crippen LogP contribution < -0.4 is 11.3 Å². The quantitative estimate of drug-likeness (QED) is 0.488. The third kappa shape index (κ3) is 2.96. The number of carbonyl (C=O) groups is 1. The summed E-state index contributed by atoms with van der Waals surface area (Å²) in [6, 6.07) is 17.8. The Labute approximate surface area is 107 Å². The van der Waals surface area contributed by atoms with Crippen LogP contribution in [-0.2, 0) is 12.8 Å². The molecule has 0 radical (unpaired) electrons. The van der Waals surface area contributed by atoms with E-state index in [0.29, 0.717) is 5.56 Å². The molecule has 3 heteroatoms. The summed E-state index contributed by atoms with van der Waals surface area (Å²) < 4.78 is 0. The van der Waals surface area contributed by atoms with Gasteiger partial charge in [0.2, 0.25) is 0 Å². The molecule has 0 aromatic heterocycles. The lowest BCUT2D eigenvalue weighted by molar-refractivity contribution is 0.0952. The lowest BCUT2D eigenvalue weighted by Crippen LogP contribution is -2.30. The second kappa shape index (κ2) is 5.98. The van der Waals surface area contributed by atoms with E-state index in [4.69, 9.17) is 5.84 Å². The summed E-state index contributed by atoms with van der Waals surface area (Å²) in [6.07, 6.45) is 1.74. The number of rotatable bonds is 4. The Morgan fingerprint density at radius 2 is 1.61 bits per heavy atom. The van der Waals surface area contributed by atoms with Crippen molar-refractivity contribution in [3.05, 3.63) is 71.3 Å². The maximum atomic E-state index is 11.6. The number of amides is 1. The maximum Gasteiger partial charge on any atom is 0.265 e. The third-order valence-electron chi connectivity index (χ3n) is 2.92. The summed E-state index contributed by atoms with van der Waals surface area (Å²) in [6.45, 7) is 0. The molecule has 3 N–H and O–H groups in total. The Morgan fingerprint density at radius 1 is 0.944 bits per heavy atom. The van der Waals surface area contributed by atoms with E-state index in [0.717, 1.165) is 18.4 Å². The van der Waals surface area contributed by atoms with Crippen molar-refractivity contribution in [1.82, 2.24) is 5.43 Å². The number of aryl methyl sites for hydroxylation is 2. The second-order valence-electron chi connectivity index (χ2n) is 4.12. The van der Waals surface area contributed by atoms with Crippen molar-refractivity contribution in [2.24, 2.45) is 5.84 Å². The number of benzene rings is 2. The molecule has 2 aromatic rings. The first kappa shape index (κ1) is 12.3. The number of nitrogen functional groups attached to an aromatic ring is 1. The topological polar surface area (TPSA) is 55.1 Å². The first-order valence-electron chi connectivity index (χ1n) is 5.94. The summed E-state index contributed by atoms with van der Waals surface area (Å²) in [4.78, 5) is 11.6. The number of nitrogens with one attached hydrogen (secondary N) is 1. The fourth-order valence-corrected chi connectivity index (χ4v) is 1.96. The minimum absolute atomic E-state index is 0.237. The van der Waals surface area contributed by atoms with Gasteiger partial charge in [0, 0.05) is 5.56 Å². The van der Waals surface area contributed by atoms with Gasteiger partial charge >= 0.3 is 0 Å². The molecule has 0 saturated carbocycles. The van der Waals surface area contributed by atoms with Gasteiger partial charge in [0.05, 0.1) is 0 Å². The van der Waals surface area contributed by atoms with E-state index in [2.05, 4.69) is 17.6 Å². The molecule has 1 amide bonds. The van der Waals surface area contributed by atoms with Gasteiger partial charge in [-0.1, -0.05) is 48.5 Å². The molecular weight excluding hydrogens is 224 g/mol. The Kier molecular flexibility index (Phi) is 4.10. The molecule has 0 heterocycles. The van der Waals surface area contributed by atoms with Gasteiger partial charge in [-0.05, 0) is 30.0 Å². The zero-order valence-electron chi connectivity index (χ0n) is 10.1. The number of hydrogen-bond donors (Lipinski definition) is 2. The Hall–Kier alpha value is -2.13. The average Bonchev–Trinajstić information content (AvgIpc) is 2.45. The largest absolute Gasteiger partial charge is 0.290 e. The van der Waals surface area contributed by atoms with Gasteiger partial charge in [-0.3, -0.25) is 10.2 Å². The van der Waals surface area contributed by atoms with E-state index in [1.54, 1.807) is 6.07 Å². The van der Waals surface area contributed by atoms with Crippen molar-refractivity contribution in [3.8, 4) is 0 Å². The molecule has 92 valence electrons. The molecule has 0 aliphatic heterocycles. The SMILES string of the molecule is NNC(=O)c1ccccc1CCc1ccccc1. The Morgan fingerprint density at radius 3 is 2.33 bits per heavy atom. The van der Waals surface area contributed by atoms with Crippen molar-refractivity contribution >= 4 is 5.91 Å². The number of hydrazine groups is 1. The van der Waals surface area contributed by atoms with Crippen LogP contribution >= 0.6 is 0 Å². The molecule has 0 aliphatic carbocycles. The second-order valence-corrected chi connectivity index (χ2v) is 4.12. The average molecular weight is 240 g/mol. The van der Waals surface area contributed by atoms with Crippen LogP contribution in [0.25, 0.3) is 0 Å². The molecule has 3 nitrogen and oxygen atoms in total. The highest BCUT2D eigenvalue weighted by atomic mass is 16.2. The van der Waals surface area contributed by atoms with Crippen LogP contribution in [0.2, 0.25) is 0 Å². The van der Waals surface area contributed by atoms with Crippen molar-refractivity contribution in [2.75, 3.05) is 0 Å². The smallest absolute Gasteiger partial charge is 0.265 e. The third-order valence-corrected chi connectivity index (χ3v) is 2.92. The molecular formula is C15H16N2O. The fourth-order valence-electron chi connectivity index (χ4n) is 1.96. The Balaban J connectivity index is 2.12. The predicted molar refractivity (Wildman–Crippen MR) is 71.9 cm³/mol. The van der Waals surface area contributed by atoms with Gasteiger partial charge in [-0.15, -0.1) is 0 Å². The lowest BCUT2D eigenvalue weighted by Gasteiger charge is -2.08.